The zero-order valence-electron chi connectivity index (χ0n) is 15.7. The van der Waals surface area contributed by atoms with Crippen LogP contribution in [-0.4, -0.2) is 35.1 Å². The largest absolute Gasteiger partial charge is 0.337 e. The number of imidazole rings is 1. The van der Waals surface area contributed by atoms with Crippen LogP contribution in [0.5, 0.6) is 0 Å². The quantitative estimate of drug-likeness (QED) is 0.460. The molecule has 6 rings (SSSR count). The van der Waals surface area contributed by atoms with Crippen molar-refractivity contribution in [3.8, 4) is 34.0 Å². The van der Waals surface area contributed by atoms with E-state index in [-0.39, 0.29) is 0 Å². The summed E-state index contributed by atoms with van der Waals surface area (Å²) in [5, 5.41) is 8.50. The van der Waals surface area contributed by atoms with Crippen LogP contribution in [0.4, 0.5) is 0 Å². The van der Waals surface area contributed by atoms with Gasteiger partial charge in [0.1, 0.15) is 5.69 Å². The maximum Gasteiger partial charge on any atom is 0.159 e. The average molecular weight is 389 g/mol. The monoisotopic (exact) mass is 389 g/mol. The van der Waals surface area contributed by atoms with Crippen molar-refractivity contribution in [2.75, 3.05) is 0 Å². The minimum atomic E-state index is 0.705. The molecule has 0 radical (unpaired) electrons. The molecule has 7 heteroatoms. The summed E-state index contributed by atoms with van der Waals surface area (Å²) in [5.41, 5.74) is 7.18. The number of nitrogens with one attached hydrogen (secondary N) is 2. The number of para-hydroxylation sites is 1. The second-order valence-corrected chi connectivity index (χ2v) is 6.93. The summed E-state index contributed by atoms with van der Waals surface area (Å²) in [5.74, 6) is 0.705. The van der Waals surface area contributed by atoms with Gasteiger partial charge in [-0.2, -0.15) is 5.10 Å². The number of fused-ring (bicyclic) bond motifs is 2. The number of pyridine rings is 3. The molecule has 5 aromatic heterocycles. The molecule has 0 amide bonds. The molecule has 0 aliphatic carbocycles. The highest BCUT2D eigenvalue weighted by Gasteiger charge is 2.16. The summed E-state index contributed by atoms with van der Waals surface area (Å²) < 4.78 is 0. The Labute approximate surface area is 170 Å². The molecule has 0 atom stereocenters. The van der Waals surface area contributed by atoms with E-state index in [4.69, 9.17) is 4.98 Å². The average Bonchev–Trinajstić information content (AvgIpc) is 3.43. The van der Waals surface area contributed by atoms with Crippen molar-refractivity contribution in [3.63, 3.8) is 0 Å². The second-order valence-electron chi connectivity index (χ2n) is 6.93. The number of nitrogens with zero attached hydrogens (tertiary/aromatic N) is 5. The topological polar surface area (TPSA) is 96.0 Å². The van der Waals surface area contributed by atoms with Gasteiger partial charge in [0.15, 0.2) is 5.82 Å². The molecule has 0 aliphatic heterocycles. The number of hydrogen-bond acceptors (Lipinski definition) is 5. The molecule has 0 saturated carbocycles. The van der Waals surface area contributed by atoms with Gasteiger partial charge in [-0.3, -0.25) is 20.1 Å². The van der Waals surface area contributed by atoms with E-state index in [0.29, 0.717) is 5.82 Å². The fourth-order valence-corrected chi connectivity index (χ4v) is 3.66. The van der Waals surface area contributed by atoms with E-state index in [1.807, 2.05) is 48.5 Å². The van der Waals surface area contributed by atoms with Crippen LogP contribution in [-0.2, 0) is 0 Å². The third-order valence-electron chi connectivity index (χ3n) is 5.10. The van der Waals surface area contributed by atoms with Crippen molar-refractivity contribution in [2.45, 2.75) is 0 Å². The van der Waals surface area contributed by atoms with Crippen LogP contribution < -0.4 is 0 Å². The first-order valence-electron chi connectivity index (χ1n) is 9.52. The number of aromatic amines is 2. The molecule has 2 N–H and O–H groups in total. The zero-order chi connectivity index (χ0) is 19.9. The predicted octanol–water partition coefficient (Wildman–Crippen LogP) is 4.63. The third-order valence-corrected chi connectivity index (χ3v) is 5.10. The van der Waals surface area contributed by atoms with E-state index in [1.54, 1.807) is 24.8 Å². The molecule has 0 saturated heterocycles. The highest BCUT2D eigenvalue weighted by atomic mass is 15.1. The van der Waals surface area contributed by atoms with E-state index >= 15 is 0 Å². The first-order chi connectivity index (χ1) is 14.9. The van der Waals surface area contributed by atoms with E-state index in [0.717, 1.165) is 50.1 Å². The fraction of sp³-hybridized carbons (Fsp3) is 0. The molecule has 7 nitrogen and oxygen atoms in total. The van der Waals surface area contributed by atoms with Crippen LogP contribution in [0.15, 0.2) is 79.4 Å². The minimum Gasteiger partial charge on any atom is -0.337 e. The lowest BCUT2D eigenvalue weighted by Crippen LogP contribution is -1.87. The standard InChI is InChI=1S/C23H15N7/c1-2-9-25-17(5-1)19-12-16-20(13-26-19)29-30-22(16)23-27-18-6-3-4-15(21(18)28-23)14-7-10-24-11-8-14/h1-13H,(H,27,28)(H,29,30). The summed E-state index contributed by atoms with van der Waals surface area (Å²) in [7, 11) is 0. The normalized spacial score (nSPS) is 11.3. The van der Waals surface area contributed by atoms with Crippen molar-refractivity contribution >= 4 is 21.9 Å². The van der Waals surface area contributed by atoms with Gasteiger partial charge in [0.05, 0.1) is 34.1 Å². The van der Waals surface area contributed by atoms with Gasteiger partial charge in [0.2, 0.25) is 0 Å². The Bertz CT molecular complexity index is 1480. The van der Waals surface area contributed by atoms with Crippen molar-refractivity contribution in [1.29, 1.82) is 0 Å². The van der Waals surface area contributed by atoms with Crippen molar-refractivity contribution in [1.82, 2.24) is 35.1 Å². The summed E-state index contributed by atoms with van der Waals surface area (Å²) >= 11 is 0. The fourth-order valence-electron chi connectivity index (χ4n) is 3.66. The van der Waals surface area contributed by atoms with Gasteiger partial charge in [0.25, 0.3) is 0 Å². The lowest BCUT2D eigenvalue weighted by atomic mass is 10.1. The van der Waals surface area contributed by atoms with Gasteiger partial charge in [-0.1, -0.05) is 18.2 Å². The van der Waals surface area contributed by atoms with Crippen LogP contribution in [0.25, 0.3) is 56.0 Å². The number of hydrogen-bond donors (Lipinski definition) is 2. The lowest BCUT2D eigenvalue weighted by Gasteiger charge is -2.01. The molecule has 142 valence electrons. The van der Waals surface area contributed by atoms with Crippen molar-refractivity contribution in [2.24, 2.45) is 0 Å². The molecule has 0 aliphatic rings. The smallest absolute Gasteiger partial charge is 0.159 e. The van der Waals surface area contributed by atoms with Gasteiger partial charge in [-0.25, -0.2) is 4.98 Å². The van der Waals surface area contributed by atoms with Crippen molar-refractivity contribution in [3.05, 3.63) is 79.4 Å². The summed E-state index contributed by atoms with van der Waals surface area (Å²) in [4.78, 5) is 21.3. The molecule has 1 aromatic carbocycles. The first-order valence-corrected chi connectivity index (χ1v) is 9.52. The molecule has 0 bridgehead atoms. The lowest BCUT2D eigenvalue weighted by molar-refractivity contribution is 1.10. The van der Waals surface area contributed by atoms with E-state index < -0.39 is 0 Å². The summed E-state index contributed by atoms with van der Waals surface area (Å²) in [6.07, 6.45) is 7.11. The number of H-pyrrole nitrogens is 2. The maximum absolute atomic E-state index is 4.89. The SMILES string of the molecule is c1ccc(-c2cc3c(-c4nc5c(-c6ccncc6)cccc5[nH]4)n[nH]c3cn2)nc1. The molecule has 5 heterocycles. The Morgan fingerprint density at radius 2 is 1.70 bits per heavy atom. The number of benzene rings is 1. The number of aromatic nitrogens is 7. The van der Waals surface area contributed by atoms with Crippen LogP contribution in [0, 0.1) is 0 Å². The van der Waals surface area contributed by atoms with E-state index in [2.05, 4.69) is 36.2 Å². The van der Waals surface area contributed by atoms with Gasteiger partial charge >= 0.3 is 0 Å². The Hall–Kier alpha value is -4.39. The van der Waals surface area contributed by atoms with Gasteiger partial charge in [-0.15, -0.1) is 0 Å². The van der Waals surface area contributed by atoms with Crippen LogP contribution in [0.2, 0.25) is 0 Å². The Kier molecular flexibility index (Phi) is 3.64. The van der Waals surface area contributed by atoms with E-state index in [9.17, 15) is 0 Å². The molecule has 0 fully saturated rings. The zero-order valence-corrected chi connectivity index (χ0v) is 15.7. The summed E-state index contributed by atoms with van der Waals surface area (Å²) in [6, 6.07) is 17.8. The minimum absolute atomic E-state index is 0.705. The van der Waals surface area contributed by atoms with Gasteiger partial charge in [-0.05, 0) is 42.0 Å². The molecular weight excluding hydrogens is 374 g/mol. The molecule has 0 unspecified atom stereocenters. The van der Waals surface area contributed by atoms with Crippen LogP contribution in [0.3, 0.4) is 0 Å². The van der Waals surface area contributed by atoms with Gasteiger partial charge in [0, 0.05) is 29.5 Å². The third kappa shape index (κ3) is 2.64. The Morgan fingerprint density at radius 1 is 0.767 bits per heavy atom. The molecule has 30 heavy (non-hydrogen) atoms. The maximum atomic E-state index is 4.89. The highest BCUT2D eigenvalue weighted by molar-refractivity contribution is 5.97. The van der Waals surface area contributed by atoms with Crippen LogP contribution in [0.1, 0.15) is 0 Å². The Balaban J connectivity index is 1.52. The predicted molar refractivity (Wildman–Crippen MR) is 115 cm³/mol. The highest BCUT2D eigenvalue weighted by Crippen LogP contribution is 2.32. The second kappa shape index (κ2) is 6.59. The van der Waals surface area contributed by atoms with Gasteiger partial charge < -0.3 is 4.98 Å². The molecular formula is C23H15N7. The first kappa shape index (κ1) is 16.6. The van der Waals surface area contributed by atoms with Crippen molar-refractivity contribution < 1.29 is 0 Å². The summed E-state index contributed by atoms with van der Waals surface area (Å²) in [6.45, 7) is 0. The molecule has 6 aromatic rings. The van der Waals surface area contributed by atoms with Crippen LogP contribution >= 0.6 is 0 Å². The molecule has 0 spiro atoms. The number of rotatable bonds is 3. The Morgan fingerprint density at radius 3 is 2.57 bits per heavy atom. The van der Waals surface area contributed by atoms with E-state index in [1.165, 1.54) is 0 Å².